The lowest BCUT2D eigenvalue weighted by Gasteiger charge is -2.19. The average molecular weight is 411 g/mol. The first kappa shape index (κ1) is 17.2. The van der Waals surface area contributed by atoms with Gasteiger partial charge in [-0.1, -0.05) is 18.2 Å². The zero-order chi connectivity index (χ0) is 17.2. The Morgan fingerprint density at radius 3 is 2.79 bits per heavy atom. The van der Waals surface area contributed by atoms with Crippen LogP contribution in [0.3, 0.4) is 0 Å². The standard InChI is InChI=1S/C16H19BrN4O2S/c17-13-8-15(24(18,22)23)16(20-10-13)19-9-12-6-7-21(11-12)14-4-2-1-3-5-14/h1-5,8,10,12H,6-7,9,11H2,(H,19,20)(H2,18,22,23)/t12-/m0/s1. The van der Waals surface area contributed by atoms with E-state index in [9.17, 15) is 8.42 Å². The third-order valence-corrected chi connectivity index (χ3v) is 5.45. The topological polar surface area (TPSA) is 88.3 Å². The van der Waals surface area contributed by atoms with E-state index in [1.54, 1.807) is 6.20 Å². The van der Waals surface area contributed by atoms with Crippen LogP contribution in [0.2, 0.25) is 0 Å². The molecule has 3 N–H and O–H groups in total. The van der Waals surface area contributed by atoms with Gasteiger partial charge in [0, 0.05) is 36.0 Å². The van der Waals surface area contributed by atoms with Gasteiger partial charge in [0.25, 0.3) is 0 Å². The maximum atomic E-state index is 11.7. The molecule has 1 aromatic heterocycles. The lowest BCUT2D eigenvalue weighted by atomic mass is 10.1. The molecule has 1 aliphatic heterocycles. The summed E-state index contributed by atoms with van der Waals surface area (Å²) in [7, 11) is -3.82. The summed E-state index contributed by atoms with van der Waals surface area (Å²) in [5.41, 5.74) is 1.21. The van der Waals surface area contributed by atoms with Crippen LogP contribution in [0.5, 0.6) is 0 Å². The van der Waals surface area contributed by atoms with Crippen molar-refractivity contribution in [2.75, 3.05) is 29.9 Å². The van der Waals surface area contributed by atoms with Gasteiger partial charge in [0.1, 0.15) is 10.7 Å². The molecule has 0 spiro atoms. The molecule has 0 saturated carbocycles. The highest BCUT2D eigenvalue weighted by atomic mass is 79.9. The molecule has 1 aromatic carbocycles. The van der Waals surface area contributed by atoms with E-state index < -0.39 is 10.0 Å². The molecular weight excluding hydrogens is 392 g/mol. The maximum absolute atomic E-state index is 11.7. The summed E-state index contributed by atoms with van der Waals surface area (Å²) in [6, 6.07) is 11.7. The summed E-state index contributed by atoms with van der Waals surface area (Å²) in [5, 5.41) is 8.41. The molecule has 2 heterocycles. The van der Waals surface area contributed by atoms with Gasteiger partial charge < -0.3 is 10.2 Å². The zero-order valence-corrected chi connectivity index (χ0v) is 15.4. The smallest absolute Gasteiger partial charge is 0.241 e. The number of nitrogens with one attached hydrogen (secondary N) is 1. The van der Waals surface area contributed by atoms with Crippen molar-refractivity contribution in [1.29, 1.82) is 0 Å². The predicted molar refractivity (Wildman–Crippen MR) is 98.6 cm³/mol. The van der Waals surface area contributed by atoms with E-state index in [2.05, 4.69) is 43.3 Å². The van der Waals surface area contributed by atoms with E-state index >= 15 is 0 Å². The highest BCUT2D eigenvalue weighted by molar-refractivity contribution is 9.10. The number of sulfonamides is 1. The summed E-state index contributed by atoms with van der Waals surface area (Å²) < 4.78 is 24.0. The summed E-state index contributed by atoms with van der Waals surface area (Å²) >= 11 is 3.22. The van der Waals surface area contributed by atoms with Crippen molar-refractivity contribution in [3.05, 3.63) is 47.1 Å². The molecule has 1 fully saturated rings. The summed E-state index contributed by atoms with van der Waals surface area (Å²) in [5.74, 6) is 0.725. The van der Waals surface area contributed by atoms with Gasteiger partial charge in [-0.15, -0.1) is 0 Å². The number of nitrogens with two attached hydrogens (primary N) is 1. The number of hydrogen-bond acceptors (Lipinski definition) is 5. The monoisotopic (exact) mass is 410 g/mol. The molecule has 1 aliphatic rings. The van der Waals surface area contributed by atoms with Crippen molar-refractivity contribution >= 4 is 37.5 Å². The lowest BCUT2D eigenvalue weighted by molar-refractivity contribution is 0.596. The second-order valence-electron chi connectivity index (χ2n) is 5.86. The summed E-state index contributed by atoms with van der Waals surface area (Å²) in [4.78, 5) is 6.50. The number of anilines is 2. The van der Waals surface area contributed by atoms with Crippen LogP contribution < -0.4 is 15.4 Å². The lowest BCUT2D eigenvalue weighted by Crippen LogP contribution is -2.23. The van der Waals surface area contributed by atoms with Crippen LogP contribution in [0.1, 0.15) is 6.42 Å². The Bertz CT molecular complexity index is 814. The highest BCUT2D eigenvalue weighted by Crippen LogP contribution is 2.25. The number of nitrogens with zero attached hydrogens (tertiary/aromatic N) is 2. The van der Waals surface area contributed by atoms with E-state index in [1.807, 2.05) is 18.2 Å². The summed E-state index contributed by atoms with van der Waals surface area (Å²) in [6.45, 7) is 2.57. The van der Waals surface area contributed by atoms with Crippen molar-refractivity contribution in [3.8, 4) is 0 Å². The number of benzene rings is 1. The normalized spacial score (nSPS) is 17.9. The first-order valence-corrected chi connectivity index (χ1v) is 9.99. The molecule has 0 bridgehead atoms. The van der Waals surface area contributed by atoms with Crippen molar-refractivity contribution < 1.29 is 8.42 Å². The Balaban J connectivity index is 1.65. The average Bonchev–Trinajstić information content (AvgIpc) is 3.02. The second kappa shape index (κ2) is 7.08. The van der Waals surface area contributed by atoms with Crippen molar-refractivity contribution in [2.45, 2.75) is 11.3 Å². The number of primary sulfonamides is 1. The van der Waals surface area contributed by atoms with Gasteiger partial charge in [0.2, 0.25) is 10.0 Å². The molecule has 6 nitrogen and oxygen atoms in total. The minimum Gasteiger partial charge on any atom is -0.371 e. The number of pyridine rings is 1. The third-order valence-electron chi connectivity index (χ3n) is 4.09. The van der Waals surface area contributed by atoms with Crippen LogP contribution >= 0.6 is 15.9 Å². The van der Waals surface area contributed by atoms with Gasteiger partial charge in [0.15, 0.2) is 0 Å². The predicted octanol–water partition coefficient (Wildman–Crippen LogP) is 2.43. The SMILES string of the molecule is NS(=O)(=O)c1cc(Br)cnc1NC[C@@H]1CCN(c2ccccc2)C1. The van der Waals surface area contributed by atoms with Crippen LogP contribution in [-0.2, 0) is 10.0 Å². The van der Waals surface area contributed by atoms with Gasteiger partial charge in [-0.3, -0.25) is 0 Å². The Morgan fingerprint density at radius 1 is 1.33 bits per heavy atom. The molecule has 128 valence electrons. The fraction of sp³-hybridized carbons (Fsp3) is 0.312. The van der Waals surface area contributed by atoms with Crippen molar-refractivity contribution in [2.24, 2.45) is 11.1 Å². The van der Waals surface area contributed by atoms with Crippen LogP contribution in [0.15, 0.2) is 52.0 Å². The van der Waals surface area contributed by atoms with E-state index in [-0.39, 0.29) is 4.90 Å². The number of halogens is 1. The largest absolute Gasteiger partial charge is 0.371 e. The Labute approximate surface area is 150 Å². The van der Waals surface area contributed by atoms with Crippen molar-refractivity contribution in [1.82, 2.24) is 4.98 Å². The van der Waals surface area contributed by atoms with E-state index in [0.29, 0.717) is 22.8 Å². The first-order chi connectivity index (χ1) is 11.4. The van der Waals surface area contributed by atoms with Crippen molar-refractivity contribution in [3.63, 3.8) is 0 Å². The first-order valence-electron chi connectivity index (χ1n) is 7.66. The number of para-hydroxylation sites is 1. The quantitative estimate of drug-likeness (QED) is 0.789. The Morgan fingerprint density at radius 2 is 2.08 bits per heavy atom. The van der Waals surface area contributed by atoms with Gasteiger partial charge in [-0.2, -0.15) is 0 Å². The molecule has 2 aromatic rings. The van der Waals surface area contributed by atoms with Crippen LogP contribution in [0, 0.1) is 5.92 Å². The van der Waals surface area contributed by atoms with Gasteiger partial charge in [-0.25, -0.2) is 18.5 Å². The summed E-state index contributed by atoms with van der Waals surface area (Å²) in [6.07, 6.45) is 2.60. The van der Waals surface area contributed by atoms with E-state index in [4.69, 9.17) is 5.14 Å². The van der Waals surface area contributed by atoms with E-state index in [1.165, 1.54) is 11.8 Å². The Kier molecular flexibility index (Phi) is 5.07. The number of rotatable bonds is 5. The Hall–Kier alpha value is -1.64. The number of hydrogen-bond donors (Lipinski definition) is 2. The van der Waals surface area contributed by atoms with Crippen LogP contribution in [-0.4, -0.2) is 33.0 Å². The van der Waals surface area contributed by atoms with E-state index in [0.717, 1.165) is 19.5 Å². The molecule has 8 heteroatoms. The molecule has 1 atom stereocenters. The minimum absolute atomic E-state index is 0.00906. The third kappa shape index (κ3) is 4.06. The highest BCUT2D eigenvalue weighted by Gasteiger charge is 2.23. The number of aromatic nitrogens is 1. The van der Waals surface area contributed by atoms with Crippen LogP contribution in [0.25, 0.3) is 0 Å². The molecule has 1 saturated heterocycles. The molecule has 0 aliphatic carbocycles. The maximum Gasteiger partial charge on any atom is 0.241 e. The van der Waals surface area contributed by atoms with Gasteiger partial charge in [0.05, 0.1) is 0 Å². The minimum atomic E-state index is -3.82. The van der Waals surface area contributed by atoms with Gasteiger partial charge >= 0.3 is 0 Å². The zero-order valence-electron chi connectivity index (χ0n) is 13.0. The molecule has 0 radical (unpaired) electrons. The van der Waals surface area contributed by atoms with Crippen LogP contribution in [0.4, 0.5) is 11.5 Å². The second-order valence-corrected chi connectivity index (χ2v) is 8.31. The van der Waals surface area contributed by atoms with Gasteiger partial charge in [-0.05, 0) is 46.5 Å². The molecular formula is C16H19BrN4O2S. The fourth-order valence-electron chi connectivity index (χ4n) is 2.88. The fourth-order valence-corrected chi connectivity index (χ4v) is 4.05. The molecule has 24 heavy (non-hydrogen) atoms. The molecule has 0 unspecified atom stereocenters. The molecule has 0 amide bonds. The molecule has 3 rings (SSSR count).